The lowest BCUT2D eigenvalue weighted by atomic mass is 10.0. The third-order valence-electron chi connectivity index (χ3n) is 4.42. The zero-order valence-corrected chi connectivity index (χ0v) is 16.0. The van der Waals surface area contributed by atoms with Crippen molar-refractivity contribution in [2.45, 2.75) is 39.0 Å². The van der Waals surface area contributed by atoms with Crippen LogP contribution in [0.25, 0.3) is 0 Å². The minimum atomic E-state index is 0.785. The average Bonchev–Trinajstić information content (AvgIpc) is 2.60. The topological polar surface area (TPSA) is 47.3 Å². The van der Waals surface area contributed by atoms with Crippen LogP contribution in [0.15, 0.2) is 36.4 Å². The fraction of sp³-hybridized carbons (Fsp3) is 0.429. The molecule has 0 atom stereocenters. The first-order valence-corrected chi connectivity index (χ1v) is 9.34. The number of aryl methyl sites for hydroxylation is 3. The Hall–Kier alpha value is -1.71. The van der Waals surface area contributed by atoms with E-state index in [4.69, 9.17) is 22.1 Å². The maximum Gasteiger partial charge on any atom is 0.0576 e. The molecule has 136 valence electrons. The second kappa shape index (κ2) is 10.3. The van der Waals surface area contributed by atoms with E-state index in [2.05, 4.69) is 36.5 Å². The molecule has 25 heavy (non-hydrogen) atoms. The molecule has 0 amide bonds. The van der Waals surface area contributed by atoms with Gasteiger partial charge in [-0.05, 0) is 80.0 Å². The van der Waals surface area contributed by atoms with Crippen molar-refractivity contribution in [1.82, 2.24) is 0 Å². The fourth-order valence-corrected chi connectivity index (χ4v) is 3.05. The summed E-state index contributed by atoms with van der Waals surface area (Å²) in [6.07, 6.45) is 5.37. The van der Waals surface area contributed by atoms with E-state index in [0.717, 1.165) is 61.7 Å². The predicted octanol–water partition coefficient (Wildman–Crippen LogP) is 5.24. The number of methoxy groups -OCH3 is 1. The van der Waals surface area contributed by atoms with Gasteiger partial charge in [-0.15, -0.1) is 0 Å². The van der Waals surface area contributed by atoms with E-state index in [1.807, 2.05) is 12.1 Å². The minimum absolute atomic E-state index is 0.785. The van der Waals surface area contributed by atoms with Crippen LogP contribution in [0.4, 0.5) is 11.4 Å². The summed E-state index contributed by atoms with van der Waals surface area (Å²) in [7, 11) is 1.75. The van der Waals surface area contributed by atoms with Crippen molar-refractivity contribution < 1.29 is 4.74 Å². The number of hydrogen-bond acceptors (Lipinski definition) is 3. The molecule has 0 radical (unpaired) electrons. The van der Waals surface area contributed by atoms with E-state index in [-0.39, 0.29) is 0 Å². The Labute approximate surface area is 156 Å². The molecule has 0 spiro atoms. The number of nitrogens with two attached hydrogens (primary N) is 1. The Morgan fingerprint density at radius 1 is 1.04 bits per heavy atom. The van der Waals surface area contributed by atoms with Crippen molar-refractivity contribution in [1.29, 1.82) is 0 Å². The molecule has 0 aliphatic rings. The summed E-state index contributed by atoms with van der Waals surface area (Å²) in [5.74, 6) is 0. The van der Waals surface area contributed by atoms with Crippen LogP contribution in [0.2, 0.25) is 5.02 Å². The van der Waals surface area contributed by atoms with Crippen LogP contribution in [0, 0.1) is 6.92 Å². The number of benzene rings is 2. The summed E-state index contributed by atoms with van der Waals surface area (Å²) in [6.45, 7) is 3.86. The van der Waals surface area contributed by atoms with Crippen molar-refractivity contribution in [3.8, 4) is 0 Å². The molecule has 4 heteroatoms. The normalized spacial score (nSPS) is 10.8. The van der Waals surface area contributed by atoms with Crippen molar-refractivity contribution in [2.24, 2.45) is 0 Å². The highest BCUT2D eigenvalue weighted by atomic mass is 35.5. The van der Waals surface area contributed by atoms with Crippen molar-refractivity contribution in [2.75, 3.05) is 31.3 Å². The van der Waals surface area contributed by atoms with Gasteiger partial charge in [-0.3, -0.25) is 0 Å². The predicted molar refractivity (Wildman–Crippen MR) is 109 cm³/mol. The van der Waals surface area contributed by atoms with Gasteiger partial charge < -0.3 is 15.8 Å². The highest BCUT2D eigenvalue weighted by molar-refractivity contribution is 6.30. The summed E-state index contributed by atoms with van der Waals surface area (Å²) >= 11 is 5.92. The monoisotopic (exact) mass is 360 g/mol. The Morgan fingerprint density at radius 3 is 2.52 bits per heavy atom. The molecule has 3 N–H and O–H groups in total. The van der Waals surface area contributed by atoms with Crippen LogP contribution >= 0.6 is 11.6 Å². The van der Waals surface area contributed by atoms with Gasteiger partial charge in [-0.2, -0.15) is 0 Å². The summed E-state index contributed by atoms with van der Waals surface area (Å²) in [4.78, 5) is 0. The van der Waals surface area contributed by atoms with Gasteiger partial charge in [0.2, 0.25) is 0 Å². The zero-order chi connectivity index (χ0) is 18.1. The molecule has 0 aliphatic carbocycles. The number of ether oxygens (including phenoxy) is 1. The third kappa shape index (κ3) is 6.60. The lowest BCUT2D eigenvalue weighted by Gasteiger charge is -2.14. The second-order valence-corrected chi connectivity index (χ2v) is 6.91. The van der Waals surface area contributed by atoms with Gasteiger partial charge in [0, 0.05) is 25.3 Å². The van der Waals surface area contributed by atoms with Gasteiger partial charge in [-0.25, -0.2) is 0 Å². The SMILES string of the molecule is COCCCCc1cc(NCCCc2ccc(Cl)cc2)c(N)cc1C. The van der Waals surface area contributed by atoms with Gasteiger partial charge in [0.25, 0.3) is 0 Å². The average molecular weight is 361 g/mol. The van der Waals surface area contributed by atoms with Crippen LogP contribution in [0.1, 0.15) is 36.0 Å². The van der Waals surface area contributed by atoms with E-state index < -0.39 is 0 Å². The molecule has 2 aromatic carbocycles. The molecule has 0 saturated carbocycles. The van der Waals surface area contributed by atoms with Gasteiger partial charge in [0.05, 0.1) is 11.4 Å². The lowest BCUT2D eigenvalue weighted by molar-refractivity contribution is 0.193. The first kappa shape index (κ1) is 19.6. The number of hydrogen-bond donors (Lipinski definition) is 2. The van der Waals surface area contributed by atoms with Crippen LogP contribution in [0.5, 0.6) is 0 Å². The molecular formula is C21H29ClN2O. The summed E-state index contributed by atoms with van der Waals surface area (Å²) < 4.78 is 5.12. The van der Waals surface area contributed by atoms with Crippen LogP contribution in [-0.4, -0.2) is 20.3 Å². The number of nitrogens with one attached hydrogen (secondary N) is 1. The number of anilines is 2. The minimum Gasteiger partial charge on any atom is -0.397 e. The smallest absolute Gasteiger partial charge is 0.0576 e. The first-order valence-electron chi connectivity index (χ1n) is 8.96. The Kier molecular flexibility index (Phi) is 8.10. The van der Waals surface area contributed by atoms with Crippen molar-refractivity contribution in [3.05, 3.63) is 58.1 Å². The van der Waals surface area contributed by atoms with Crippen LogP contribution in [0.3, 0.4) is 0 Å². The summed E-state index contributed by atoms with van der Waals surface area (Å²) in [6, 6.07) is 12.3. The molecule has 2 aromatic rings. The number of unbranched alkanes of at least 4 members (excludes halogenated alkanes) is 1. The molecule has 0 heterocycles. The molecule has 0 bridgehead atoms. The third-order valence-corrected chi connectivity index (χ3v) is 4.68. The number of rotatable bonds is 10. The Morgan fingerprint density at radius 2 is 1.80 bits per heavy atom. The highest BCUT2D eigenvalue weighted by Gasteiger charge is 2.05. The molecule has 0 saturated heterocycles. The van der Waals surface area contributed by atoms with Gasteiger partial charge in [0.1, 0.15) is 0 Å². The second-order valence-electron chi connectivity index (χ2n) is 6.47. The number of nitrogen functional groups attached to an aromatic ring is 1. The molecule has 0 aromatic heterocycles. The van der Waals surface area contributed by atoms with E-state index in [0.29, 0.717) is 0 Å². The highest BCUT2D eigenvalue weighted by Crippen LogP contribution is 2.25. The summed E-state index contributed by atoms with van der Waals surface area (Å²) in [5, 5.41) is 4.27. The quantitative estimate of drug-likeness (QED) is 0.449. The van der Waals surface area contributed by atoms with E-state index in [1.54, 1.807) is 7.11 Å². The van der Waals surface area contributed by atoms with Gasteiger partial charge in [0.15, 0.2) is 0 Å². The molecule has 3 nitrogen and oxygen atoms in total. The number of halogens is 1. The van der Waals surface area contributed by atoms with Crippen molar-refractivity contribution in [3.63, 3.8) is 0 Å². The van der Waals surface area contributed by atoms with Crippen LogP contribution < -0.4 is 11.1 Å². The van der Waals surface area contributed by atoms with Gasteiger partial charge >= 0.3 is 0 Å². The van der Waals surface area contributed by atoms with E-state index in [9.17, 15) is 0 Å². The molecule has 2 rings (SSSR count). The van der Waals surface area contributed by atoms with E-state index in [1.165, 1.54) is 16.7 Å². The largest absolute Gasteiger partial charge is 0.397 e. The van der Waals surface area contributed by atoms with Crippen molar-refractivity contribution >= 4 is 23.0 Å². The fourth-order valence-electron chi connectivity index (χ4n) is 2.93. The Balaban J connectivity index is 1.84. The molecule has 0 aliphatic heterocycles. The molecular weight excluding hydrogens is 332 g/mol. The van der Waals surface area contributed by atoms with Gasteiger partial charge in [-0.1, -0.05) is 23.7 Å². The maximum atomic E-state index is 6.18. The molecule has 0 fully saturated rings. The Bertz CT molecular complexity index is 656. The standard InChI is InChI=1S/C21H29ClN2O/c1-16-14-20(23)21(15-18(16)7-3-4-13-25-2)24-12-5-6-17-8-10-19(22)11-9-17/h8-11,14-15,24H,3-7,12-13,23H2,1-2H3. The summed E-state index contributed by atoms with van der Waals surface area (Å²) in [5.41, 5.74) is 12.0. The maximum absolute atomic E-state index is 6.18. The van der Waals surface area contributed by atoms with Crippen LogP contribution in [-0.2, 0) is 17.6 Å². The van der Waals surface area contributed by atoms with E-state index >= 15 is 0 Å². The zero-order valence-electron chi connectivity index (χ0n) is 15.3. The molecule has 0 unspecified atom stereocenters. The lowest BCUT2D eigenvalue weighted by Crippen LogP contribution is -2.07. The first-order chi connectivity index (χ1) is 12.1.